The lowest BCUT2D eigenvalue weighted by atomic mass is 10.1. The summed E-state index contributed by atoms with van der Waals surface area (Å²) >= 11 is 0. The smallest absolute Gasteiger partial charge is 0.129 e. The Morgan fingerprint density at radius 2 is 1.35 bits per heavy atom. The first-order valence-electron chi connectivity index (χ1n) is 10.9. The molecule has 1 aromatic rings. The van der Waals surface area contributed by atoms with E-state index in [1.165, 1.54) is 70.6 Å². The zero-order valence-electron chi connectivity index (χ0n) is 16.9. The number of ether oxygens (including phenoxy) is 1. The zero-order valence-corrected chi connectivity index (χ0v) is 16.9. The van der Waals surface area contributed by atoms with E-state index in [1.54, 1.807) is 0 Å². The molecule has 0 saturated carbocycles. The molecule has 2 N–H and O–H groups in total. The van der Waals surface area contributed by atoms with Gasteiger partial charge in [0.25, 0.3) is 0 Å². The SMILES string of the molecule is CCCCCCCCCCCCCCOC(CCO)Nc1ccccc1. The van der Waals surface area contributed by atoms with E-state index in [-0.39, 0.29) is 12.8 Å². The van der Waals surface area contributed by atoms with Gasteiger partial charge in [0.05, 0.1) is 0 Å². The molecule has 0 saturated heterocycles. The van der Waals surface area contributed by atoms with Gasteiger partial charge in [-0.15, -0.1) is 0 Å². The molecule has 0 fully saturated rings. The van der Waals surface area contributed by atoms with Crippen LogP contribution in [0.3, 0.4) is 0 Å². The molecule has 1 rings (SSSR count). The number of hydrogen-bond donors (Lipinski definition) is 2. The maximum absolute atomic E-state index is 9.20. The number of unbranched alkanes of at least 4 members (excludes halogenated alkanes) is 11. The van der Waals surface area contributed by atoms with Crippen LogP contribution in [-0.4, -0.2) is 24.5 Å². The third kappa shape index (κ3) is 13.2. The lowest BCUT2D eigenvalue weighted by molar-refractivity contribution is 0.0514. The van der Waals surface area contributed by atoms with Gasteiger partial charge in [0, 0.05) is 25.3 Å². The second-order valence-corrected chi connectivity index (χ2v) is 7.27. The standard InChI is InChI=1S/C23H41NO2/c1-2-3-4-5-6-7-8-9-10-11-12-16-21-26-23(19-20-25)24-22-17-14-13-15-18-22/h13-15,17-18,23-25H,2-12,16,19-21H2,1H3. The van der Waals surface area contributed by atoms with E-state index in [2.05, 4.69) is 12.2 Å². The first-order chi connectivity index (χ1) is 12.9. The van der Waals surface area contributed by atoms with E-state index in [0.717, 1.165) is 18.7 Å². The van der Waals surface area contributed by atoms with Crippen LogP contribution in [0, 0.1) is 0 Å². The van der Waals surface area contributed by atoms with Gasteiger partial charge in [-0.2, -0.15) is 0 Å². The summed E-state index contributed by atoms with van der Waals surface area (Å²) in [6, 6.07) is 10.1. The summed E-state index contributed by atoms with van der Waals surface area (Å²) in [5.74, 6) is 0. The van der Waals surface area contributed by atoms with Crippen molar-refractivity contribution in [1.29, 1.82) is 0 Å². The van der Waals surface area contributed by atoms with Crippen molar-refractivity contribution >= 4 is 5.69 Å². The Balaban J connectivity index is 1.93. The number of anilines is 1. The number of para-hydroxylation sites is 1. The molecule has 0 aliphatic rings. The van der Waals surface area contributed by atoms with Gasteiger partial charge in [-0.05, 0) is 18.6 Å². The van der Waals surface area contributed by atoms with E-state index < -0.39 is 0 Å². The molecule has 1 unspecified atom stereocenters. The highest BCUT2D eigenvalue weighted by atomic mass is 16.5. The summed E-state index contributed by atoms with van der Waals surface area (Å²) in [7, 11) is 0. The highest BCUT2D eigenvalue weighted by Gasteiger charge is 2.07. The second kappa shape index (κ2) is 17.4. The third-order valence-corrected chi connectivity index (χ3v) is 4.81. The molecule has 150 valence electrons. The van der Waals surface area contributed by atoms with E-state index >= 15 is 0 Å². The molecule has 3 nitrogen and oxygen atoms in total. The molecule has 0 radical (unpaired) electrons. The first-order valence-corrected chi connectivity index (χ1v) is 10.9. The Morgan fingerprint density at radius 3 is 1.88 bits per heavy atom. The van der Waals surface area contributed by atoms with Gasteiger partial charge in [0.1, 0.15) is 6.23 Å². The van der Waals surface area contributed by atoms with E-state index in [0.29, 0.717) is 6.42 Å². The van der Waals surface area contributed by atoms with Crippen LogP contribution in [0.15, 0.2) is 30.3 Å². The van der Waals surface area contributed by atoms with Crippen molar-refractivity contribution in [2.75, 3.05) is 18.5 Å². The van der Waals surface area contributed by atoms with Crippen molar-refractivity contribution < 1.29 is 9.84 Å². The number of aliphatic hydroxyl groups excluding tert-OH is 1. The molecule has 0 aliphatic heterocycles. The molecule has 0 aliphatic carbocycles. The molecule has 0 bridgehead atoms. The molecule has 1 aromatic carbocycles. The van der Waals surface area contributed by atoms with Crippen LogP contribution >= 0.6 is 0 Å². The molecular formula is C23H41NO2. The van der Waals surface area contributed by atoms with Crippen molar-refractivity contribution in [1.82, 2.24) is 0 Å². The van der Waals surface area contributed by atoms with Gasteiger partial charge in [-0.3, -0.25) is 0 Å². The Kier molecular flexibility index (Phi) is 15.3. The largest absolute Gasteiger partial charge is 0.396 e. The predicted octanol–water partition coefficient (Wildman–Crippen LogP) is 6.52. The lowest BCUT2D eigenvalue weighted by Gasteiger charge is -2.19. The minimum atomic E-state index is -0.102. The Labute approximate surface area is 161 Å². The maximum Gasteiger partial charge on any atom is 0.129 e. The monoisotopic (exact) mass is 363 g/mol. The summed E-state index contributed by atoms with van der Waals surface area (Å²) in [6.07, 6.45) is 16.8. The summed E-state index contributed by atoms with van der Waals surface area (Å²) < 4.78 is 5.91. The topological polar surface area (TPSA) is 41.5 Å². The summed E-state index contributed by atoms with van der Waals surface area (Å²) in [4.78, 5) is 0. The number of hydrogen-bond acceptors (Lipinski definition) is 3. The molecule has 26 heavy (non-hydrogen) atoms. The quantitative estimate of drug-likeness (QED) is 0.230. The van der Waals surface area contributed by atoms with Crippen molar-refractivity contribution in [2.24, 2.45) is 0 Å². The number of rotatable bonds is 18. The van der Waals surface area contributed by atoms with Gasteiger partial charge >= 0.3 is 0 Å². The summed E-state index contributed by atoms with van der Waals surface area (Å²) in [5.41, 5.74) is 1.04. The fraction of sp³-hybridized carbons (Fsp3) is 0.739. The Morgan fingerprint density at radius 1 is 0.808 bits per heavy atom. The van der Waals surface area contributed by atoms with E-state index in [4.69, 9.17) is 4.74 Å². The van der Waals surface area contributed by atoms with Crippen LogP contribution in [-0.2, 0) is 4.74 Å². The van der Waals surface area contributed by atoms with Crippen molar-refractivity contribution in [3.8, 4) is 0 Å². The second-order valence-electron chi connectivity index (χ2n) is 7.27. The highest BCUT2D eigenvalue weighted by Crippen LogP contribution is 2.13. The Hall–Kier alpha value is -1.06. The van der Waals surface area contributed by atoms with Crippen LogP contribution in [0.4, 0.5) is 5.69 Å². The third-order valence-electron chi connectivity index (χ3n) is 4.81. The van der Waals surface area contributed by atoms with Crippen LogP contribution in [0.1, 0.15) is 90.4 Å². The van der Waals surface area contributed by atoms with Crippen LogP contribution in [0.2, 0.25) is 0 Å². The van der Waals surface area contributed by atoms with Crippen LogP contribution < -0.4 is 5.32 Å². The minimum absolute atomic E-state index is 0.102. The number of aliphatic hydroxyl groups is 1. The van der Waals surface area contributed by atoms with Crippen LogP contribution in [0.5, 0.6) is 0 Å². The van der Waals surface area contributed by atoms with E-state index in [9.17, 15) is 5.11 Å². The first kappa shape index (κ1) is 23.0. The fourth-order valence-corrected chi connectivity index (χ4v) is 3.20. The number of nitrogens with one attached hydrogen (secondary N) is 1. The molecular weight excluding hydrogens is 322 g/mol. The molecule has 3 heteroatoms. The summed E-state index contributed by atoms with van der Waals surface area (Å²) in [5, 5.41) is 12.5. The zero-order chi connectivity index (χ0) is 18.7. The molecule has 1 atom stereocenters. The van der Waals surface area contributed by atoms with Gasteiger partial charge < -0.3 is 15.2 Å². The average molecular weight is 364 g/mol. The van der Waals surface area contributed by atoms with Gasteiger partial charge in [0.15, 0.2) is 0 Å². The Bertz CT molecular complexity index is 396. The molecule has 0 amide bonds. The summed E-state index contributed by atoms with van der Waals surface area (Å²) in [6.45, 7) is 3.18. The normalized spacial score (nSPS) is 12.2. The average Bonchev–Trinajstić information content (AvgIpc) is 2.66. The predicted molar refractivity (Wildman–Crippen MR) is 113 cm³/mol. The van der Waals surface area contributed by atoms with Gasteiger partial charge in [-0.25, -0.2) is 0 Å². The van der Waals surface area contributed by atoms with Gasteiger partial charge in [0.2, 0.25) is 0 Å². The van der Waals surface area contributed by atoms with Crippen molar-refractivity contribution in [3.05, 3.63) is 30.3 Å². The maximum atomic E-state index is 9.20. The van der Waals surface area contributed by atoms with Crippen molar-refractivity contribution in [3.63, 3.8) is 0 Å². The minimum Gasteiger partial charge on any atom is -0.396 e. The molecule has 0 spiro atoms. The van der Waals surface area contributed by atoms with E-state index in [1.807, 2.05) is 30.3 Å². The molecule has 0 heterocycles. The lowest BCUT2D eigenvalue weighted by Crippen LogP contribution is -2.25. The molecule has 0 aromatic heterocycles. The van der Waals surface area contributed by atoms with Gasteiger partial charge in [-0.1, -0.05) is 95.8 Å². The number of benzene rings is 1. The van der Waals surface area contributed by atoms with Crippen molar-refractivity contribution in [2.45, 2.75) is 96.6 Å². The highest BCUT2D eigenvalue weighted by molar-refractivity contribution is 5.42. The van der Waals surface area contributed by atoms with Crippen LogP contribution in [0.25, 0.3) is 0 Å². The fourth-order valence-electron chi connectivity index (χ4n) is 3.20.